The van der Waals surface area contributed by atoms with Crippen molar-refractivity contribution in [3.05, 3.63) is 64.1 Å². The highest BCUT2D eigenvalue weighted by Gasteiger charge is 2.17. The third kappa shape index (κ3) is 4.62. The number of amides is 2. The summed E-state index contributed by atoms with van der Waals surface area (Å²) in [6, 6.07) is 9.48. The second kappa shape index (κ2) is 9.60. The van der Waals surface area contributed by atoms with E-state index in [0.717, 1.165) is 22.5 Å². The lowest BCUT2D eigenvalue weighted by Gasteiger charge is -2.22. The molecule has 2 heterocycles. The summed E-state index contributed by atoms with van der Waals surface area (Å²) in [5.41, 5.74) is 5.26. The fourth-order valence-corrected chi connectivity index (χ4v) is 3.75. The Bertz CT molecular complexity index is 1190. The van der Waals surface area contributed by atoms with Gasteiger partial charge in [-0.2, -0.15) is 10.4 Å². The van der Waals surface area contributed by atoms with Crippen molar-refractivity contribution >= 4 is 17.5 Å². The molecule has 0 N–H and O–H groups in total. The van der Waals surface area contributed by atoms with Gasteiger partial charge in [0.05, 0.1) is 6.20 Å². The first-order valence-electron chi connectivity index (χ1n) is 10.6. The van der Waals surface area contributed by atoms with Gasteiger partial charge in [0.25, 0.3) is 5.91 Å². The average molecular weight is 433 g/mol. The second-order valence-electron chi connectivity index (χ2n) is 7.97. The summed E-state index contributed by atoms with van der Waals surface area (Å²) in [4.78, 5) is 32.9. The fourth-order valence-electron chi connectivity index (χ4n) is 3.75. The topological polar surface area (TPSA) is 94.6 Å². The lowest BCUT2D eigenvalue weighted by atomic mass is 10.1. The minimum atomic E-state index is -0.0460. The van der Waals surface area contributed by atoms with Crippen molar-refractivity contribution in [2.45, 2.75) is 40.2 Å². The Kier molecular flexibility index (Phi) is 6.89. The van der Waals surface area contributed by atoms with Gasteiger partial charge in [-0.1, -0.05) is 12.1 Å². The van der Waals surface area contributed by atoms with Crippen molar-refractivity contribution in [3.8, 4) is 6.07 Å². The maximum absolute atomic E-state index is 12.9. The Morgan fingerprint density at radius 3 is 2.44 bits per heavy atom. The fraction of sp³-hybridized carbons (Fsp3) is 0.375. The summed E-state index contributed by atoms with van der Waals surface area (Å²) in [6.07, 6.45) is 2.42. The van der Waals surface area contributed by atoms with Gasteiger partial charge in [-0.05, 0) is 50.5 Å². The van der Waals surface area contributed by atoms with Crippen molar-refractivity contribution in [2.75, 3.05) is 20.6 Å². The van der Waals surface area contributed by atoms with Crippen LogP contribution in [0.15, 0.2) is 30.5 Å². The molecule has 2 aromatic heterocycles. The smallest absolute Gasteiger partial charge is 0.253 e. The van der Waals surface area contributed by atoms with Crippen LogP contribution in [0.2, 0.25) is 0 Å². The minimum Gasteiger partial charge on any atom is -0.345 e. The van der Waals surface area contributed by atoms with Gasteiger partial charge >= 0.3 is 0 Å². The van der Waals surface area contributed by atoms with Gasteiger partial charge in [0.1, 0.15) is 11.6 Å². The van der Waals surface area contributed by atoms with Crippen LogP contribution in [-0.4, -0.2) is 56.9 Å². The first-order chi connectivity index (χ1) is 15.3. The van der Waals surface area contributed by atoms with Crippen molar-refractivity contribution in [3.63, 3.8) is 0 Å². The third-order valence-corrected chi connectivity index (χ3v) is 5.63. The van der Waals surface area contributed by atoms with Crippen molar-refractivity contribution in [1.29, 1.82) is 5.26 Å². The summed E-state index contributed by atoms with van der Waals surface area (Å²) in [6.45, 7) is 6.88. The second-order valence-corrected chi connectivity index (χ2v) is 7.97. The number of carbonyl (C=O) groups is 2. The number of rotatable bonds is 7. The van der Waals surface area contributed by atoms with Crippen molar-refractivity contribution < 1.29 is 9.59 Å². The van der Waals surface area contributed by atoms with Crippen LogP contribution in [0.25, 0.3) is 5.65 Å². The number of benzene rings is 1. The van der Waals surface area contributed by atoms with Gasteiger partial charge < -0.3 is 9.80 Å². The zero-order valence-electron chi connectivity index (χ0n) is 19.2. The van der Waals surface area contributed by atoms with E-state index in [1.54, 1.807) is 35.6 Å². The predicted molar refractivity (Wildman–Crippen MR) is 121 cm³/mol. The summed E-state index contributed by atoms with van der Waals surface area (Å²) in [7, 11) is 3.44. The average Bonchev–Trinajstić information content (AvgIpc) is 3.19. The summed E-state index contributed by atoms with van der Waals surface area (Å²) < 4.78 is 1.67. The number of aryl methyl sites for hydroxylation is 2. The maximum Gasteiger partial charge on any atom is 0.253 e. The molecule has 0 atom stereocenters. The van der Waals surface area contributed by atoms with E-state index in [2.05, 4.69) is 16.2 Å². The van der Waals surface area contributed by atoms with Gasteiger partial charge in [-0.25, -0.2) is 9.50 Å². The SMILES string of the molecule is CCN(Cc1ccc(C(=O)N(C)C)cc1)C(=O)CCc1c(C)nc2c(C#N)cnn2c1C. The highest BCUT2D eigenvalue weighted by atomic mass is 16.2. The highest BCUT2D eigenvalue weighted by molar-refractivity contribution is 5.93. The predicted octanol–water partition coefficient (Wildman–Crippen LogP) is 2.90. The van der Waals surface area contributed by atoms with Gasteiger partial charge in [0.15, 0.2) is 5.65 Å². The van der Waals surface area contributed by atoms with E-state index < -0.39 is 0 Å². The molecule has 1 aromatic carbocycles. The van der Waals surface area contributed by atoms with Crippen LogP contribution < -0.4 is 0 Å². The molecular formula is C24H28N6O2. The van der Waals surface area contributed by atoms with Gasteiger partial charge in [-0.3, -0.25) is 9.59 Å². The molecule has 3 aromatic rings. The standard InChI is InChI=1S/C24H28N6O2/c1-6-29(15-18-7-9-19(10-8-18)24(32)28(4)5)22(31)12-11-21-16(2)27-23-20(13-25)14-26-30(23)17(21)3/h7-10,14H,6,11-12,15H2,1-5H3. The number of aromatic nitrogens is 3. The molecule has 0 aliphatic carbocycles. The van der Waals surface area contributed by atoms with Gasteiger partial charge in [-0.15, -0.1) is 0 Å². The quantitative estimate of drug-likeness (QED) is 0.572. The molecule has 2 amide bonds. The Morgan fingerprint density at radius 2 is 1.84 bits per heavy atom. The monoisotopic (exact) mass is 432 g/mol. The Morgan fingerprint density at radius 1 is 1.16 bits per heavy atom. The first-order valence-corrected chi connectivity index (χ1v) is 10.6. The molecule has 0 radical (unpaired) electrons. The minimum absolute atomic E-state index is 0.0460. The number of fused-ring (bicyclic) bond motifs is 1. The molecule has 0 aliphatic rings. The Balaban J connectivity index is 1.70. The Labute approximate surface area is 188 Å². The molecular weight excluding hydrogens is 404 g/mol. The third-order valence-electron chi connectivity index (χ3n) is 5.63. The summed E-state index contributed by atoms with van der Waals surface area (Å²) in [5.74, 6) is 0.00776. The zero-order chi connectivity index (χ0) is 23.4. The van der Waals surface area contributed by atoms with Crippen LogP contribution in [-0.2, 0) is 17.8 Å². The number of nitriles is 1. The molecule has 8 heteroatoms. The molecule has 0 aliphatic heterocycles. The summed E-state index contributed by atoms with van der Waals surface area (Å²) in [5, 5.41) is 13.5. The van der Waals surface area contributed by atoms with E-state index in [0.29, 0.717) is 42.7 Å². The van der Waals surface area contributed by atoms with Crippen LogP contribution in [0.4, 0.5) is 0 Å². The van der Waals surface area contributed by atoms with E-state index in [4.69, 9.17) is 0 Å². The number of nitrogens with zero attached hydrogens (tertiary/aromatic N) is 6. The number of hydrogen-bond acceptors (Lipinski definition) is 5. The maximum atomic E-state index is 12.9. The van der Waals surface area contributed by atoms with E-state index >= 15 is 0 Å². The van der Waals surface area contributed by atoms with Crippen LogP contribution in [0.1, 0.15) is 51.8 Å². The largest absolute Gasteiger partial charge is 0.345 e. The lowest BCUT2D eigenvalue weighted by molar-refractivity contribution is -0.131. The molecule has 166 valence electrons. The van der Waals surface area contributed by atoms with Crippen LogP contribution in [0.5, 0.6) is 0 Å². The molecule has 0 bridgehead atoms. The number of hydrogen-bond donors (Lipinski definition) is 0. The molecule has 0 saturated heterocycles. The zero-order valence-corrected chi connectivity index (χ0v) is 19.2. The normalized spacial score (nSPS) is 10.8. The molecule has 0 saturated carbocycles. The van der Waals surface area contributed by atoms with Crippen molar-refractivity contribution in [2.24, 2.45) is 0 Å². The van der Waals surface area contributed by atoms with E-state index in [1.165, 1.54) is 11.1 Å². The van der Waals surface area contributed by atoms with E-state index in [1.807, 2.05) is 32.9 Å². The van der Waals surface area contributed by atoms with Crippen LogP contribution >= 0.6 is 0 Å². The first kappa shape index (κ1) is 22.9. The molecule has 0 spiro atoms. The molecule has 0 fully saturated rings. The molecule has 3 rings (SSSR count). The summed E-state index contributed by atoms with van der Waals surface area (Å²) >= 11 is 0. The Hall–Kier alpha value is -3.73. The number of carbonyl (C=O) groups excluding carboxylic acids is 2. The van der Waals surface area contributed by atoms with Gasteiger partial charge in [0.2, 0.25) is 5.91 Å². The van der Waals surface area contributed by atoms with Crippen LogP contribution in [0, 0.1) is 25.2 Å². The van der Waals surface area contributed by atoms with E-state index in [-0.39, 0.29) is 11.8 Å². The van der Waals surface area contributed by atoms with E-state index in [9.17, 15) is 14.9 Å². The van der Waals surface area contributed by atoms with Gasteiger partial charge in [0, 0.05) is 50.6 Å². The van der Waals surface area contributed by atoms with Crippen molar-refractivity contribution in [1.82, 2.24) is 24.4 Å². The highest BCUT2D eigenvalue weighted by Crippen LogP contribution is 2.19. The molecule has 0 unspecified atom stereocenters. The molecule has 8 nitrogen and oxygen atoms in total. The molecule has 32 heavy (non-hydrogen) atoms. The lowest BCUT2D eigenvalue weighted by Crippen LogP contribution is -2.30. The van der Waals surface area contributed by atoms with Crippen LogP contribution in [0.3, 0.4) is 0 Å².